The Morgan fingerprint density at radius 2 is 0.780 bits per heavy atom. The number of hydrogen-bond acceptors (Lipinski definition) is 18. The number of unbranched alkanes of at least 4 members (excludes halogenated alkanes) is 31. The van der Waals surface area contributed by atoms with Crippen LogP contribution >= 0.6 is 0 Å². The van der Waals surface area contributed by atoms with Crippen LogP contribution in [0.4, 0.5) is 0 Å². The molecule has 3 aliphatic heterocycles. The van der Waals surface area contributed by atoms with Gasteiger partial charge in [0, 0.05) is 6.42 Å². The number of aliphatic hydroxyl groups excluding tert-OH is 11. The van der Waals surface area contributed by atoms with E-state index in [9.17, 15) is 61.0 Å². The second kappa shape index (κ2) is 46.4. The van der Waals surface area contributed by atoms with Crippen molar-refractivity contribution in [1.82, 2.24) is 5.32 Å². The normalized spacial score (nSPS) is 29.7. The fraction of sp³-hybridized carbons (Fsp3) is 0.921. The van der Waals surface area contributed by atoms with Gasteiger partial charge in [0.05, 0.1) is 38.6 Å². The number of ether oxygens (including phenoxy) is 6. The standard InChI is InChI=1S/C63H117NO18/c1-3-5-7-9-11-13-15-17-18-19-20-21-22-23-24-25-26-27-29-30-32-34-36-38-40-47(68)46(64-51(69)41-39-37-35-33-31-28-16-14-12-10-8-6-4-2)45-77-61-57(75)54(72)59(49(43-66)79-61)82-63-58(76)55(73)60(50(44-67)80-63)81-62-56(74)53(71)52(70)48(42-65)78-62/h30,32,38,40,46-50,52-63,65-68,70-76H,3-29,31,33-37,39,41-45H2,1-2H3,(H,64,69)/b32-30+,40-38+. The van der Waals surface area contributed by atoms with E-state index in [1.807, 2.05) is 6.08 Å². The summed E-state index contributed by atoms with van der Waals surface area (Å²) in [5.74, 6) is -0.284. The first-order chi connectivity index (χ1) is 39.8. The van der Waals surface area contributed by atoms with Gasteiger partial charge in [-0.15, -0.1) is 0 Å². The van der Waals surface area contributed by atoms with Gasteiger partial charge in [0.25, 0.3) is 0 Å². The molecule has 3 rings (SSSR count). The second-order valence-electron chi connectivity index (χ2n) is 23.6. The molecule has 0 spiro atoms. The maximum Gasteiger partial charge on any atom is 0.220 e. The van der Waals surface area contributed by atoms with Gasteiger partial charge in [0.15, 0.2) is 18.9 Å². The van der Waals surface area contributed by atoms with Crippen LogP contribution in [0.15, 0.2) is 24.3 Å². The number of carbonyl (C=O) groups excluding carboxylic acids is 1. The molecule has 3 heterocycles. The van der Waals surface area contributed by atoms with E-state index < -0.39 is 124 Å². The fourth-order valence-corrected chi connectivity index (χ4v) is 11.1. The van der Waals surface area contributed by atoms with E-state index in [1.54, 1.807) is 6.08 Å². The molecule has 0 radical (unpaired) electrons. The highest BCUT2D eigenvalue weighted by atomic mass is 16.8. The molecule has 0 aliphatic carbocycles. The van der Waals surface area contributed by atoms with Crippen molar-refractivity contribution in [1.29, 1.82) is 0 Å². The molecule has 0 saturated carbocycles. The van der Waals surface area contributed by atoms with Crippen LogP contribution in [-0.4, -0.2) is 193 Å². The Hall–Kier alpha value is -1.73. The van der Waals surface area contributed by atoms with E-state index in [0.717, 1.165) is 38.5 Å². The molecule has 482 valence electrons. The smallest absolute Gasteiger partial charge is 0.220 e. The van der Waals surface area contributed by atoms with Crippen LogP contribution in [0.2, 0.25) is 0 Å². The zero-order chi connectivity index (χ0) is 59.7. The van der Waals surface area contributed by atoms with E-state index in [4.69, 9.17) is 28.4 Å². The first-order valence-electron chi connectivity index (χ1n) is 32.6. The minimum atomic E-state index is -1.98. The number of carbonyl (C=O) groups is 1. The third-order valence-corrected chi connectivity index (χ3v) is 16.5. The highest BCUT2D eigenvalue weighted by Gasteiger charge is 2.53. The average Bonchev–Trinajstić information content (AvgIpc) is 3.53. The monoisotopic (exact) mass is 1180 g/mol. The molecule has 19 heteroatoms. The summed E-state index contributed by atoms with van der Waals surface area (Å²) in [6.07, 6.45) is 23.1. The van der Waals surface area contributed by atoms with Gasteiger partial charge in [-0.2, -0.15) is 0 Å². The summed E-state index contributed by atoms with van der Waals surface area (Å²) in [6, 6.07) is -0.985. The Morgan fingerprint density at radius 1 is 0.427 bits per heavy atom. The third-order valence-electron chi connectivity index (χ3n) is 16.5. The summed E-state index contributed by atoms with van der Waals surface area (Å²) >= 11 is 0. The minimum Gasteiger partial charge on any atom is -0.394 e. The molecule has 0 aromatic rings. The average molecular weight is 1180 g/mol. The maximum absolute atomic E-state index is 13.3. The van der Waals surface area contributed by atoms with E-state index in [2.05, 4.69) is 31.3 Å². The Balaban J connectivity index is 1.47. The van der Waals surface area contributed by atoms with Crippen LogP contribution in [-0.2, 0) is 33.2 Å². The van der Waals surface area contributed by atoms with Crippen LogP contribution in [0.25, 0.3) is 0 Å². The SMILES string of the molecule is CCCCCCCCCCCCCCCCCCCC/C=C/CC/C=C/C(O)C(COC1OC(CO)C(OC2OC(CO)C(OC3OC(CO)C(O)C(O)C3O)C(O)C2O)C(O)C1O)NC(=O)CCCCCCCCCCCCCCC. The molecule has 3 aliphatic rings. The lowest BCUT2D eigenvalue weighted by Gasteiger charge is -2.48. The Morgan fingerprint density at radius 3 is 1.22 bits per heavy atom. The third kappa shape index (κ3) is 29.3. The lowest BCUT2D eigenvalue weighted by atomic mass is 9.96. The Kier molecular flexibility index (Phi) is 42.2. The van der Waals surface area contributed by atoms with Gasteiger partial charge >= 0.3 is 0 Å². The van der Waals surface area contributed by atoms with Crippen LogP contribution in [0.1, 0.15) is 239 Å². The molecule has 82 heavy (non-hydrogen) atoms. The first kappa shape index (κ1) is 74.5. The summed E-state index contributed by atoms with van der Waals surface area (Å²) in [5, 5.41) is 120. The van der Waals surface area contributed by atoms with Crippen molar-refractivity contribution in [3.63, 3.8) is 0 Å². The van der Waals surface area contributed by atoms with Crippen molar-refractivity contribution >= 4 is 5.91 Å². The van der Waals surface area contributed by atoms with Gasteiger partial charge in [0.1, 0.15) is 73.2 Å². The van der Waals surface area contributed by atoms with Crippen LogP contribution in [0.5, 0.6) is 0 Å². The minimum absolute atomic E-state index is 0.239. The Bertz CT molecular complexity index is 1590. The quantitative estimate of drug-likeness (QED) is 0.0213. The van der Waals surface area contributed by atoms with Gasteiger partial charge in [-0.25, -0.2) is 0 Å². The molecule has 0 bridgehead atoms. The largest absolute Gasteiger partial charge is 0.394 e. The van der Waals surface area contributed by atoms with E-state index in [-0.39, 0.29) is 18.9 Å². The van der Waals surface area contributed by atoms with Crippen LogP contribution < -0.4 is 5.32 Å². The van der Waals surface area contributed by atoms with Crippen molar-refractivity contribution in [2.24, 2.45) is 0 Å². The highest BCUT2D eigenvalue weighted by Crippen LogP contribution is 2.33. The molecule has 1 amide bonds. The summed E-state index contributed by atoms with van der Waals surface area (Å²) in [7, 11) is 0. The highest BCUT2D eigenvalue weighted by molar-refractivity contribution is 5.76. The van der Waals surface area contributed by atoms with E-state index in [0.29, 0.717) is 12.8 Å². The molecule has 0 aromatic heterocycles. The maximum atomic E-state index is 13.3. The van der Waals surface area contributed by atoms with Crippen molar-refractivity contribution in [2.45, 2.75) is 343 Å². The van der Waals surface area contributed by atoms with Gasteiger partial charge in [-0.3, -0.25) is 4.79 Å². The second-order valence-corrected chi connectivity index (χ2v) is 23.6. The lowest BCUT2D eigenvalue weighted by Crippen LogP contribution is -2.66. The van der Waals surface area contributed by atoms with Gasteiger partial charge in [-0.05, 0) is 32.1 Å². The van der Waals surface area contributed by atoms with Crippen molar-refractivity contribution in [3.8, 4) is 0 Å². The number of amides is 1. The lowest BCUT2D eigenvalue weighted by molar-refractivity contribution is -0.379. The summed E-state index contributed by atoms with van der Waals surface area (Å²) in [4.78, 5) is 13.3. The Labute approximate surface area is 492 Å². The van der Waals surface area contributed by atoms with Gasteiger partial charge in [-0.1, -0.05) is 224 Å². The molecule has 12 N–H and O–H groups in total. The molecule has 0 aromatic carbocycles. The zero-order valence-electron chi connectivity index (χ0n) is 50.5. The molecular formula is C63H117NO18. The summed E-state index contributed by atoms with van der Waals surface area (Å²) in [5.41, 5.74) is 0. The van der Waals surface area contributed by atoms with Crippen molar-refractivity contribution in [2.75, 3.05) is 26.4 Å². The molecular weight excluding hydrogens is 1060 g/mol. The van der Waals surface area contributed by atoms with Crippen molar-refractivity contribution in [3.05, 3.63) is 24.3 Å². The fourth-order valence-electron chi connectivity index (χ4n) is 11.1. The topological polar surface area (TPSA) is 307 Å². The van der Waals surface area contributed by atoms with E-state index in [1.165, 1.54) is 167 Å². The molecule has 3 fully saturated rings. The van der Waals surface area contributed by atoms with Crippen LogP contribution in [0, 0.1) is 0 Å². The van der Waals surface area contributed by atoms with E-state index >= 15 is 0 Å². The number of rotatable bonds is 49. The van der Waals surface area contributed by atoms with Gasteiger partial charge in [0.2, 0.25) is 5.91 Å². The van der Waals surface area contributed by atoms with Gasteiger partial charge < -0.3 is 89.9 Å². The first-order valence-corrected chi connectivity index (χ1v) is 32.6. The molecule has 17 atom stereocenters. The number of aliphatic hydroxyl groups is 11. The van der Waals surface area contributed by atoms with Crippen molar-refractivity contribution < 1.29 is 89.4 Å². The number of hydrogen-bond donors (Lipinski definition) is 12. The number of allylic oxidation sites excluding steroid dienone is 3. The predicted molar refractivity (Wildman–Crippen MR) is 314 cm³/mol. The summed E-state index contributed by atoms with van der Waals surface area (Å²) < 4.78 is 34.3. The molecule has 19 nitrogen and oxygen atoms in total. The molecule has 17 unspecified atom stereocenters. The number of nitrogens with one attached hydrogen (secondary N) is 1. The van der Waals surface area contributed by atoms with Crippen LogP contribution in [0.3, 0.4) is 0 Å². The predicted octanol–water partition coefficient (Wildman–Crippen LogP) is 7.10. The zero-order valence-corrected chi connectivity index (χ0v) is 50.5. The molecule has 3 saturated heterocycles. The summed E-state index contributed by atoms with van der Waals surface area (Å²) in [6.45, 7) is 1.72.